The van der Waals surface area contributed by atoms with Crippen molar-refractivity contribution in [1.29, 1.82) is 0 Å². The standard InChI is InChI=1S/C19H18N4O/c1-11-21-22-18-5-4-13-8-14(9-17(24)19(13)23(11)18)16-10-20-7-6-15(16)12-2-3-12/h6-10,12,24H,2-5H2,1H3. The number of rotatable bonds is 2. The fourth-order valence-electron chi connectivity index (χ4n) is 3.78. The van der Waals surface area contributed by atoms with Crippen LogP contribution in [0.4, 0.5) is 0 Å². The second-order valence-corrected chi connectivity index (χ2v) is 6.74. The lowest BCUT2D eigenvalue weighted by molar-refractivity contribution is 0.469. The molecule has 24 heavy (non-hydrogen) atoms. The molecule has 120 valence electrons. The first-order valence-corrected chi connectivity index (χ1v) is 8.44. The van der Waals surface area contributed by atoms with Gasteiger partial charge in [0.15, 0.2) is 0 Å². The molecule has 3 aromatic rings. The number of aromatic nitrogens is 4. The van der Waals surface area contributed by atoms with E-state index in [9.17, 15) is 5.11 Å². The average molecular weight is 318 g/mol. The van der Waals surface area contributed by atoms with Crippen LogP contribution >= 0.6 is 0 Å². The van der Waals surface area contributed by atoms with Gasteiger partial charge in [-0.15, -0.1) is 10.2 Å². The molecule has 0 unspecified atom stereocenters. The Morgan fingerprint density at radius 1 is 1.17 bits per heavy atom. The van der Waals surface area contributed by atoms with E-state index in [4.69, 9.17) is 0 Å². The van der Waals surface area contributed by atoms with E-state index in [0.717, 1.165) is 46.9 Å². The van der Waals surface area contributed by atoms with Gasteiger partial charge in [0.1, 0.15) is 17.4 Å². The van der Waals surface area contributed by atoms with Gasteiger partial charge in [0.25, 0.3) is 0 Å². The number of hydrogen-bond acceptors (Lipinski definition) is 4. The fraction of sp³-hybridized carbons (Fsp3) is 0.316. The third kappa shape index (κ3) is 1.97. The maximum atomic E-state index is 10.7. The second kappa shape index (κ2) is 4.90. The molecule has 1 saturated carbocycles. The number of phenols is 1. The summed E-state index contributed by atoms with van der Waals surface area (Å²) in [5, 5.41) is 19.1. The molecule has 2 aliphatic rings. The molecular formula is C19H18N4O. The molecule has 5 heteroatoms. The van der Waals surface area contributed by atoms with Crippen molar-refractivity contribution in [3.05, 3.63) is 53.4 Å². The summed E-state index contributed by atoms with van der Waals surface area (Å²) in [6, 6.07) is 6.17. The number of benzene rings is 1. The molecule has 5 rings (SSSR count). The molecule has 2 aromatic heterocycles. The number of phenolic OH excluding ortho intramolecular Hbond substituents is 1. The SMILES string of the molecule is Cc1nnc2n1-c1c(O)cc(-c3cnccc3C3CC3)cc1CC2. The monoisotopic (exact) mass is 318 g/mol. The van der Waals surface area contributed by atoms with E-state index in [1.807, 2.05) is 30.0 Å². The molecule has 1 aromatic carbocycles. The summed E-state index contributed by atoms with van der Waals surface area (Å²) in [6.07, 6.45) is 8.00. The van der Waals surface area contributed by atoms with Crippen LogP contribution in [-0.4, -0.2) is 24.9 Å². The van der Waals surface area contributed by atoms with Crippen LogP contribution in [0.3, 0.4) is 0 Å². The number of hydrogen-bond donors (Lipinski definition) is 1. The lowest BCUT2D eigenvalue weighted by atomic mass is 9.93. The van der Waals surface area contributed by atoms with E-state index >= 15 is 0 Å². The quantitative estimate of drug-likeness (QED) is 0.787. The van der Waals surface area contributed by atoms with Crippen molar-refractivity contribution in [3.63, 3.8) is 0 Å². The molecule has 1 N–H and O–H groups in total. The molecule has 0 amide bonds. The van der Waals surface area contributed by atoms with Crippen molar-refractivity contribution in [1.82, 2.24) is 19.7 Å². The van der Waals surface area contributed by atoms with Crippen LogP contribution in [-0.2, 0) is 12.8 Å². The largest absolute Gasteiger partial charge is 0.506 e. The van der Waals surface area contributed by atoms with Gasteiger partial charge in [-0.1, -0.05) is 0 Å². The Morgan fingerprint density at radius 3 is 2.88 bits per heavy atom. The molecule has 5 nitrogen and oxygen atoms in total. The number of fused-ring (bicyclic) bond motifs is 3. The minimum atomic E-state index is 0.289. The predicted molar refractivity (Wildman–Crippen MR) is 90.4 cm³/mol. The molecule has 1 aliphatic heterocycles. The Labute approximate surface area is 140 Å². The van der Waals surface area contributed by atoms with Crippen LogP contribution in [0.1, 0.15) is 41.5 Å². The van der Waals surface area contributed by atoms with Crippen molar-refractivity contribution < 1.29 is 5.11 Å². The molecule has 0 bridgehead atoms. The van der Waals surface area contributed by atoms with Crippen LogP contribution in [0.5, 0.6) is 5.75 Å². The van der Waals surface area contributed by atoms with Gasteiger partial charge in [0, 0.05) is 24.4 Å². The molecule has 1 aliphatic carbocycles. The molecule has 1 fully saturated rings. The van der Waals surface area contributed by atoms with Crippen molar-refractivity contribution in [2.45, 2.75) is 38.5 Å². The number of aromatic hydroxyl groups is 1. The van der Waals surface area contributed by atoms with Crippen LogP contribution in [0, 0.1) is 6.92 Å². The third-order valence-electron chi connectivity index (χ3n) is 5.09. The maximum Gasteiger partial charge on any atom is 0.140 e. The van der Waals surface area contributed by atoms with Crippen LogP contribution in [0.15, 0.2) is 30.6 Å². The summed E-state index contributed by atoms with van der Waals surface area (Å²) in [6.45, 7) is 1.92. The highest BCUT2D eigenvalue weighted by molar-refractivity contribution is 5.73. The highest BCUT2D eigenvalue weighted by Gasteiger charge is 2.28. The third-order valence-corrected chi connectivity index (χ3v) is 5.09. The summed E-state index contributed by atoms with van der Waals surface area (Å²) in [4.78, 5) is 4.31. The number of nitrogens with zero attached hydrogens (tertiary/aromatic N) is 4. The average Bonchev–Trinajstić information content (AvgIpc) is 3.38. The van der Waals surface area contributed by atoms with E-state index in [2.05, 4.69) is 27.3 Å². The fourth-order valence-corrected chi connectivity index (χ4v) is 3.78. The highest BCUT2D eigenvalue weighted by atomic mass is 16.3. The Hall–Kier alpha value is -2.69. The van der Waals surface area contributed by atoms with Gasteiger partial charge >= 0.3 is 0 Å². The van der Waals surface area contributed by atoms with Crippen molar-refractivity contribution in [2.24, 2.45) is 0 Å². The van der Waals surface area contributed by atoms with E-state index in [1.54, 1.807) is 0 Å². The predicted octanol–water partition coefficient (Wildman–Crippen LogP) is 3.32. The number of pyridine rings is 1. The van der Waals surface area contributed by atoms with E-state index in [0.29, 0.717) is 5.92 Å². The Bertz CT molecular complexity index is 956. The first-order chi connectivity index (χ1) is 11.7. The summed E-state index contributed by atoms with van der Waals surface area (Å²) in [7, 11) is 0. The Balaban J connectivity index is 1.70. The number of aryl methyl sites for hydroxylation is 3. The lowest BCUT2D eigenvalue weighted by Gasteiger charge is -2.21. The van der Waals surface area contributed by atoms with E-state index in [1.165, 1.54) is 18.4 Å². The topological polar surface area (TPSA) is 63.8 Å². The van der Waals surface area contributed by atoms with E-state index in [-0.39, 0.29) is 5.75 Å². The molecule has 0 atom stereocenters. The minimum absolute atomic E-state index is 0.289. The Kier molecular flexibility index (Phi) is 2.80. The summed E-state index contributed by atoms with van der Waals surface area (Å²) >= 11 is 0. The lowest BCUT2D eigenvalue weighted by Crippen LogP contribution is -2.14. The molecule has 0 saturated heterocycles. The Morgan fingerprint density at radius 2 is 2.04 bits per heavy atom. The zero-order valence-electron chi connectivity index (χ0n) is 13.5. The molecular weight excluding hydrogens is 300 g/mol. The first kappa shape index (κ1) is 13.7. The van der Waals surface area contributed by atoms with Crippen molar-refractivity contribution >= 4 is 0 Å². The second-order valence-electron chi connectivity index (χ2n) is 6.74. The van der Waals surface area contributed by atoms with Crippen molar-refractivity contribution in [3.8, 4) is 22.6 Å². The zero-order valence-corrected chi connectivity index (χ0v) is 13.5. The molecule has 0 spiro atoms. The van der Waals surface area contributed by atoms with Gasteiger partial charge in [-0.25, -0.2) is 0 Å². The highest BCUT2D eigenvalue weighted by Crippen LogP contribution is 2.45. The first-order valence-electron chi connectivity index (χ1n) is 8.44. The van der Waals surface area contributed by atoms with Gasteiger partial charge in [-0.3, -0.25) is 9.55 Å². The zero-order chi connectivity index (χ0) is 16.3. The van der Waals surface area contributed by atoms with Crippen LogP contribution in [0.2, 0.25) is 0 Å². The van der Waals surface area contributed by atoms with Crippen LogP contribution < -0.4 is 0 Å². The van der Waals surface area contributed by atoms with E-state index < -0.39 is 0 Å². The smallest absolute Gasteiger partial charge is 0.140 e. The van der Waals surface area contributed by atoms with Crippen molar-refractivity contribution in [2.75, 3.05) is 0 Å². The van der Waals surface area contributed by atoms with Gasteiger partial charge in [-0.2, -0.15) is 0 Å². The maximum absolute atomic E-state index is 10.7. The van der Waals surface area contributed by atoms with Gasteiger partial charge in [0.05, 0.1) is 5.69 Å². The summed E-state index contributed by atoms with van der Waals surface area (Å²) < 4.78 is 1.98. The minimum Gasteiger partial charge on any atom is -0.506 e. The van der Waals surface area contributed by atoms with Gasteiger partial charge in [-0.05, 0) is 67.0 Å². The van der Waals surface area contributed by atoms with Crippen LogP contribution in [0.25, 0.3) is 16.8 Å². The van der Waals surface area contributed by atoms with Gasteiger partial charge < -0.3 is 5.11 Å². The van der Waals surface area contributed by atoms with Gasteiger partial charge in [0.2, 0.25) is 0 Å². The summed E-state index contributed by atoms with van der Waals surface area (Å²) in [5.74, 6) is 2.67. The molecule has 3 heterocycles. The summed E-state index contributed by atoms with van der Waals surface area (Å²) in [5.41, 5.74) is 5.52. The normalized spacial score (nSPS) is 15.9. The molecule has 0 radical (unpaired) electrons.